The highest BCUT2D eigenvalue weighted by Gasteiger charge is 2.21. The molecule has 0 saturated carbocycles. The fourth-order valence-electron chi connectivity index (χ4n) is 15.6. The molecule has 498 valence electrons. The molecule has 6 aromatic heterocycles. The van der Waals surface area contributed by atoms with E-state index in [1.165, 1.54) is 67.3 Å². The van der Waals surface area contributed by atoms with Crippen molar-refractivity contribution in [3.63, 3.8) is 0 Å². The normalized spacial score (nSPS) is 11.7. The van der Waals surface area contributed by atoms with Crippen molar-refractivity contribution in [3.8, 4) is 67.5 Å². The number of hydrogen-bond donors (Lipinski definition) is 0. The molecule has 17 aromatic carbocycles. The van der Waals surface area contributed by atoms with Crippen LogP contribution in [-0.4, -0.2) is 29.9 Å². The van der Waals surface area contributed by atoms with Crippen molar-refractivity contribution in [2.45, 2.75) is 0 Å². The van der Waals surface area contributed by atoms with Crippen molar-refractivity contribution in [2.24, 2.45) is 0 Å². The zero-order chi connectivity index (χ0) is 70.5. The van der Waals surface area contributed by atoms with Gasteiger partial charge in [-0.3, -0.25) is 0 Å². The molecule has 23 aromatic rings. The number of para-hydroxylation sites is 3. The van der Waals surface area contributed by atoms with E-state index < -0.39 is 0 Å². The van der Waals surface area contributed by atoms with E-state index in [4.69, 9.17) is 34.3 Å². The number of furan rings is 1. The summed E-state index contributed by atoms with van der Waals surface area (Å²) in [7, 11) is 0. The molecule has 0 fully saturated rings. The Hall–Kier alpha value is -13.7. The summed E-state index contributed by atoms with van der Waals surface area (Å²) < 4.78 is 11.4. The molecule has 0 bridgehead atoms. The molecule has 0 aliphatic rings. The monoisotopic (exact) mass is 1400 g/mol. The minimum absolute atomic E-state index is 0.883. The van der Waals surface area contributed by atoms with Crippen LogP contribution in [0, 0.1) is 0 Å². The van der Waals surface area contributed by atoms with Crippen LogP contribution >= 0.6 is 22.7 Å². The molecule has 0 aliphatic heterocycles. The smallest absolute Gasteiger partial charge is 0.136 e. The van der Waals surface area contributed by atoms with Gasteiger partial charge in [-0.05, 0) is 128 Å². The van der Waals surface area contributed by atoms with Crippen LogP contribution in [0.1, 0.15) is 0 Å². The van der Waals surface area contributed by atoms with Gasteiger partial charge in [-0.1, -0.05) is 267 Å². The van der Waals surface area contributed by atoms with Crippen molar-refractivity contribution in [1.82, 2.24) is 29.9 Å². The standard InChI is InChI=1S/C34H20N2O.C34H20N2S.C30H18N2S/c1-2-9-22(10-3-1)32-33(36-34-26-11-5-4-8-21(26)16-17-29(34)35-32)24-15-14-23-20-31-28(19-25(23)18-24)27-12-6-7-13-30(27)37-31;1-2-9-22(10-3-1)32-33(35-28-18-15-21-8-4-5-11-26(21)34(28)36-32)24-14-17-25-23(20-24)16-19-30-31(25)27-12-6-7-13-29(27)37-30;1-2-8-19(9-3-1)29-30(32-25-12-6-5-11-24(25)31-29)21-14-16-22-20(18-21)15-17-27-28(22)23-10-4-7-13-26(23)33-27/h2*1-20H;1-18H. The van der Waals surface area contributed by atoms with Gasteiger partial charge in [0.15, 0.2) is 0 Å². The lowest BCUT2D eigenvalue weighted by Gasteiger charge is -2.13. The van der Waals surface area contributed by atoms with E-state index in [1.807, 2.05) is 89.4 Å². The second-order valence-electron chi connectivity index (χ2n) is 27.1. The molecule has 23 rings (SSSR count). The lowest BCUT2D eigenvalue weighted by molar-refractivity contribution is 0.669. The van der Waals surface area contributed by atoms with Crippen molar-refractivity contribution < 1.29 is 4.42 Å². The Bertz CT molecular complexity index is 7520. The van der Waals surface area contributed by atoms with Gasteiger partial charge in [0.25, 0.3) is 0 Å². The van der Waals surface area contributed by atoms with Crippen LogP contribution in [0.3, 0.4) is 0 Å². The van der Waals surface area contributed by atoms with Gasteiger partial charge in [0, 0.05) is 95.3 Å². The van der Waals surface area contributed by atoms with E-state index in [1.54, 1.807) is 0 Å². The quantitative estimate of drug-likeness (QED) is 0.153. The second-order valence-corrected chi connectivity index (χ2v) is 29.3. The minimum Gasteiger partial charge on any atom is -0.456 e. The van der Waals surface area contributed by atoms with E-state index in [9.17, 15) is 0 Å². The Morgan fingerprint density at radius 1 is 0.187 bits per heavy atom. The third-order valence-electron chi connectivity index (χ3n) is 20.7. The average Bonchev–Trinajstić information content (AvgIpc) is 1.41. The molecule has 0 saturated heterocycles. The Balaban J connectivity index is 0.000000103. The largest absolute Gasteiger partial charge is 0.456 e. The third-order valence-corrected chi connectivity index (χ3v) is 23.0. The van der Waals surface area contributed by atoms with Crippen molar-refractivity contribution in [3.05, 3.63) is 352 Å². The first-order chi connectivity index (χ1) is 53.0. The molecule has 0 atom stereocenters. The number of rotatable bonds is 6. The predicted molar refractivity (Wildman–Crippen MR) is 452 cm³/mol. The van der Waals surface area contributed by atoms with Gasteiger partial charge in [-0.25, -0.2) is 29.9 Å². The van der Waals surface area contributed by atoms with E-state index in [0.29, 0.717) is 0 Å². The van der Waals surface area contributed by atoms with Crippen molar-refractivity contribution in [1.29, 1.82) is 0 Å². The summed E-state index contributed by atoms with van der Waals surface area (Å²) in [4.78, 5) is 31.0. The van der Waals surface area contributed by atoms with Crippen LogP contribution in [0.25, 0.3) is 217 Å². The van der Waals surface area contributed by atoms with Gasteiger partial charge >= 0.3 is 0 Å². The van der Waals surface area contributed by atoms with E-state index in [2.05, 4.69) is 285 Å². The van der Waals surface area contributed by atoms with Crippen LogP contribution in [0.4, 0.5) is 0 Å². The number of aromatic nitrogens is 6. The molecule has 0 amide bonds. The van der Waals surface area contributed by atoms with Gasteiger partial charge in [-0.15, -0.1) is 22.7 Å². The van der Waals surface area contributed by atoms with Crippen LogP contribution in [-0.2, 0) is 0 Å². The Kier molecular flexibility index (Phi) is 14.8. The molecule has 0 radical (unpaired) electrons. The SMILES string of the molecule is c1ccc(-c2nc3c(ccc4ccccc43)nc2-c2ccc3c(ccc4sc5ccccc5c43)c2)cc1.c1ccc(-c2nc3ccc4ccccc4c3nc2-c2ccc3cc4oc5ccccc5c4cc3c2)cc1.c1ccc(-c2nc3ccccc3nc2-c2ccc3c(ccc4sc5ccccc5c43)c2)cc1. The second kappa shape index (κ2) is 25.6. The van der Waals surface area contributed by atoms with Crippen LogP contribution in [0.5, 0.6) is 0 Å². The Morgan fingerprint density at radius 3 is 1.07 bits per heavy atom. The summed E-state index contributed by atoms with van der Waals surface area (Å²) >= 11 is 3.71. The van der Waals surface area contributed by atoms with E-state index >= 15 is 0 Å². The zero-order valence-corrected chi connectivity index (χ0v) is 59.0. The van der Waals surface area contributed by atoms with Gasteiger partial charge < -0.3 is 4.42 Å². The lowest BCUT2D eigenvalue weighted by atomic mass is 9.98. The highest BCUT2D eigenvalue weighted by molar-refractivity contribution is 7.26. The summed E-state index contributed by atoms with van der Waals surface area (Å²) in [6.07, 6.45) is 0. The predicted octanol–water partition coefficient (Wildman–Crippen LogP) is 27.3. The number of nitrogens with zero attached hydrogens (tertiary/aromatic N) is 6. The van der Waals surface area contributed by atoms with E-state index in [0.717, 1.165) is 150 Å². The maximum Gasteiger partial charge on any atom is 0.136 e. The summed E-state index contributed by atoms with van der Waals surface area (Å²) in [6, 6.07) is 123. The highest BCUT2D eigenvalue weighted by Crippen LogP contribution is 2.45. The molecular weight excluding hydrogens is 1340 g/mol. The topological polar surface area (TPSA) is 90.5 Å². The fourth-order valence-corrected chi connectivity index (χ4v) is 17.8. The summed E-state index contributed by atoms with van der Waals surface area (Å²) in [6.45, 7) is 0. The van der Waals surface area contributed by atoms with Crippen molar-refractivity contribution >= 4 is 172 Å². The highest BCUT2D eigenvalue weighted by atomic mass is 32.1. The maximum atomic E-state index is 6.12. The Labute approximate surface area is 621 Å². The zero-order valence-electron chi connectivity index (χ0n) is 57.4. The number of thiophene rings is 2. The fraction of sp³-hybridized carbons (Fsp3) is 0. The molecular formula is C98H58N6OS2. The van der Waals surface area contributed by atoms with E-state index in [-0.39, 0.29) is 0 Å². The summed E-state index contributed by atoms with van der Waals surface area (Å²) in [5, 5.41) is 19.4. The van der Waals surface area contributed by atoms with Gasteiger partial charge in [0.05, 0.1) is 67.3 Å². The van der Waals surface area contributed by atoms with Gasteiger partial charge in [-0.2, -0.15) is 0 Å². The molecule has 6 heterocycles. The molecule has 0 aliphatic carbocycles. The first kappa shape index (κ1) is 61.9. The molecule has 9 heteroatoms. The van der Waals surface area contributed by atoms with Crippen molar-refractivity contribution in [2.75, 3.05) is 0 Å². The number of benzene rings is 17. The maximum absolute atomic E-state index is 6.12. The number of hydrogen-bond acceptors (Lipinski definition) is 9. The molecule has 7 nitrogen and oxygen atoms in total. The van der Waals surface area contributed by atoms with Gasteiger partial charge in [0.2, 0.25) is 0 Å². The summed E-state index contributed by atoms with van der Waals surface area (Å²) in [5.74, 6) is 0. The molecule has 0 unspecified atom stereocenters. The van der Waals surface area contributed by atoms with Crippen LogP contribution < -0.4 is 0 Å². The Morgan fingerprint density at radius 2 is 0.561 bits per heavy atom. The average molecular weight is 1400 g/mol. The van der Waals surface area contributed by atoms with Crippen LogP contribution in [0.15, 0.2) is 356 Å². The lowest BCUT2D eigenvalue weighted by Crippen LogP contribution is -1.96. The third kappa shape index (κ3) is 10.9. The molecule has 0 spiro atoms. The van der Waals surface area contributed by atoms with Gasteiger partial charge in [0.1, 0.15) is 11.2 Å². The summed E-state index contributed by atoms with van der Waals surface area (Å²) in [5.41, 5.74) is 19.1. The minimum atomic E-state index is 0.883. The van der Waals surface area contributed by atoms with Crippen LogP contribution in [0.2, 0.25) is 0 Å². The number of fused-ring (bicyclic) bond motifs is 21. The first-order valence-corrected chi connectivity index (χ1v) is 37.5. The molecule has 0 N–H and O–H groups in total. The molecule has 107 heavy (non-hydrogen) atoms. The first-order valence-electron chi connectivity index (χ1n) is 35.9.